The van der Waals surface area contributed by atoms with E-state index in [-0.39, 0.29) is 13.2 Å². The standard InChI is InChI=1S/C29H29NO3/c1-21-6-12-25(13-7-21)30(26-14-8-22(2)9-15-26)27-16-10-23(11-17-27)24-4-3-5-29(18-24)33-20-28(32)19-31/h3-18,28,31-32H,19-20H2,1-2H3. The van der Waals surface area contributed by atoms with Crippen LogP contribution in [0.25, 0.3) is 11.1 Å². The van der Waals surface area contributed by atoms with Crippen molar-refractivity contribution in [3.8, 4) is 16.9 Å². The van der Waals surface area contributed by atoms with Crippen LogP contribution >= 0.6 is 0 Å². The van der Waals surface area contributed by atoms with Crippen molar-refractivity contribution in [2.24, 2.45) is 0 Å². The second kappa shape index (κ2) is 10.3. The lowest BCUT2D eigenvalue weighted by Gasteiger charge is -2.26. The maximum Gasteiger partial charge on any atom is 0.120 e. The van der Waals surface area contributed by atoms with Crippen molar-refractivity contribution in [3.05, 3.63) is 108 Å². The van der Waals surface area contributed by atoms with Crippen molar-refractivity contribution < 1.29 is 14.9 Å². The highest BCUT2D eigenvalue weighted by Gasteiger charge is 2.13. The molecule has 4 aromatic carbocycles. The highest BCUT2D eigenvalue weighted by atomic mass is 16.5. The maximum absolute atomic E-state index is 9.53. The first-order valence-corrected chi connectivity index (χ1v) is 11.1. The Hall–Kier alpha value is -3.60. The second-order valence-corrected chi connectivity index (χ2v) is 8.23. The molecule has 0 aliphatic rings. The van der Waals surface area contributed by atoms with Gasteiger partial charge in [0.15, 0.2) is 0 Å². The molecular weight excluding hydrogens is 410 g/mol. The fourth-order valence-electron chi connectivity index (χ4n) is 3.65. The minimum absolute atomic E-state index is 0.0565. The van der Waals surface area contributed by atoms with E-state index in [2.05, 4.69) is 91.5 Å². The predicted molar refractivity (Wildman–Crippen MR) is 135 cm³/mol. The fourth-order valence-corrected chi connectivity index (χ4v) is 3.65. The lowest BCUT2D eigenvalue weighted by molar-refractivity contribution is 0.0536. The van der Waals surface area contributed by atoms with Crippen LogP contribution in [0.15, 0.2) is 97.1 Å². The molecule has 0 saturated heterocycles. The van der Waals surface area contributed by atoms with Crippen molar-refractivity contribution in [1.29, 1.82) is 0 Å². The molecule has 168 valence electrons. The Morgan fingerprint density at radius 3 is 1.73 bits per heavy atom. The number of aliphatic hydroxyl groups excluding tert-OH is 2. The molecule has 0 aliphatic carbocycles. The number of rotatable bonds is 8. The number of benzene rings is 4. The molecule has 0 heterocycles. The summed E-state index contributed by atoms with van der Waals surface area (Å²) in [6.07, 6.45) is -0.887. The van der Waals surface area contributed by atoms with Crippen molar-refractivity contribution in [1.82, 2.24) is 0 Å². The molecule has 0 spiro atoms. The van der Waals surface area contributed by atoms with E-state index in [0.717, 1.165) is 28.2 Å². The van der Waals surface area contributed by atoms with E-state index in [1.165, 1.54) is 11.1 Å². The lowest BCUT2D eigenvalue weighted by atomic mass is 10.0. The molecule has 2 N–H and O–H groups in total. The number of nitrogens with zero attached hydrogens (tertiary/aromatic N) is 1. The molecule has 4 aromatic rings. The third kappa shape index (κ3) is 5.61. The number of aliphatic hydroxyl groups is 2. The Kier molecular flexibility index (Phi) is 7.08. The first-order chi connectivity index (χ1) is 16.0. The van der Waals surface area contributed by atoms with Gasteiger partial charge in [-0.2, -0.15) is 0 Å². The SMILES string of the molecule is Cc1ccc(N(c2ccc(C)cc2)c2ccc(-c3cccc(OCC(O)CO)c3)cc2)cc1. The Bertz CT molecular complexity index is 1120. The first-order valence-electron chi connectivity index (χ1n) is 11.1. The average molecular weight is 440 g/mol. The van der Waals surface area contributed by atoms with E-state index < -0.39 is 6.10 Å². The van der Waals surface area contributed by atoms with Gasteiger partial charge < -0.3 is 19.8 Å². The molecule has 0 amide bonds. The third-order valence-corrected chi connectivity index (χ3v) is 5.53. The van der Waals surface area contributed by atoms with Gasteiger partial charge in [0.25, 0.3) is 0 Å². The molecule has 1 unspecified atom stereocenters. The largest absolute Gasteiger partial charge is 0.491 e. The van der Waals surface area contributed by atoms with Gasteiger partial charge >= 0.3 is 0 Å². The van der Waals surface area contributed by atoms with Gasteiger partial charge in [0.1, 0.15) is 18.5 Å². The topological polar surface area (TPSA) is 52.9 Å². The summed E-state index contributed by atoms with van der Waals surface area (Å²) < 4.78 is 5.60. The number of hydrogen-bond acceptors (Lipinski definition) is 4. The van der Waals surface area contributed by atoms with Gasteiger partial charge in [0.2, 0.25) is 0 Å². The normalized spacial score (nSPS) is 11.8. The summed E-state index contributed by atoms with van der Waals surface area (Å²) in [6.45, 7) is 3.93. The van der Waals surface area contributed by atoms with Crippen LogP contribution < -0.4 is 9.64 Å². The molecule has 4 heteroatoms. The minimum Gasteiger partial charge on any atom is -0.491 e. The second-order valence-electron chi connectivity index (χ2n) is 8.23. The third-order valence-electron chi connectivity index (χ3n) is 5.53. The van der Waals surface area contributed by atoms with Crippen LogP contribution in [0.1, 0.15) is 11.1 Å². The molecule has 33 heavy (non-hydrogen) atoms. The van der Waals surface area contributed by atoms with Crippen LogP contribution in [0.2, 0.25) is 0 Å². The quantitative estimate of drug-likeness (QED) is 0.345. The van der Waals surface area contributed by atoms with Gasteiger partial charge in [0.05, 0.1) is 6.61 Å². The van der Waals surface area contributed by atoms with Crippen LogP contribution in [0.3, 0.4) is 0 Å². The summed E-state index contributed by atoms with van der Waals surface area (Å²) in [5, 5.41) is 18.5. The minimum atomic E-state index is -0.887. The number of aryl methyl sites for hydroxylation is 2. The van der Waals surface area contributed by atoms with Crippen LogP contribution in [-0.2, 0) is 0 Å². The molecule has 0 radical (unpaired) electrons. The molecular formula is C29H29NO3. The molecule has 0 saturated carbocycles. The number of anilines is 3. The van der Waals surface area contributed by atoms with E-state index in [9.17, 15) is 5.11 Å². The Morgan fingerprint density at radius 2 is 1.21 bits per heavy atom. The number of hydrogen-bond donors (Lipinski definition) is 2. The zero-order valence-corrected chi connectivity index (χ0v) is 19.0. The molecule has 0 aromatic heterocycles. The zero-order chi connectivity index (χ0) is 23.2. The average Bonchev–Trinajstić information content (AvgIpc) is 2.85. The van der Waals surface area contributed by atoms with E-state index in [4.69, 9.17) is 9.84 Å². The molecule has 1 atom stereocenters. The van der Waals surface area contributed by atoms with Crippen molar-refractivity contribution >= 4 is 17.1 Å². The lowest BCUT2D eigenvalue weighted by Crippen LogP contribution is -2.21. The fraction of sp³-hybridized carbons (Fsp3) is 0.172. The number of ether oxygens (including phenoxy) is 1. The zero-order valence-electron chi connectivity index (χ0n) is 19.0. The van der Waals surface area contributed by atoms with E-state index in [0.29, 0.717) is 5.75 Å². The van der Waals surface area contributed by atoms with E-state index >= 15 is 0 Å². The van der Waals surface area contributed by atoms with Crippen LogP contribution in [0.4, 0.5) is 17.1 Å². The summed E-state index contributed by atoms with van der Waals surface area (Å²) in [5.41, 5.74) is 7.84. The van der Waals surface area contributed by atoms with Crippen molar-refractivity contribution in [2.45, 2.75) is 20.0 Å². The van der Waals surface area contributed by atoms with Gasteiger partial charge in [-0.3, -0.25) is 0 Å². The summed E-state index contributed by atoms with van der Waals surface area (Å²) in [5.74, 6) is 0.657. The maximum atomic E-state index is 9.53. The predicted octanol–water partition coefficient (Wildman–Crippen LogP) is 6.17. The van der Waals surface area contributed by atoms with Gasteiger partial charge in [-0.15, -0.1) is 0 Å². The van der Waals surface area contributed by atoms with E-state index in [1.807, 2.05) is 24.3 Å². The van der Waals surface area contributed by atoms with Crippen LogP contribution in [0.5, 0.6) is 5.75 Å². The van der Waals surface area contributed by atoms with Gasteiger partial charge in [-0.25, -0.2) is 0 Å². The molecule has 0 fully saturated rings. The summed E-state index contributed by atoms with van der Waals surface area (Å²) >= 11 is 0. The van der Waals surface area contributed by atoms with Crippen LogP contribution in [-0.4, -0.2) is 29.5 Å². The monoisotopic (exact) mass is 439 g/mol. The summed E-state index contributed by atoms with van der Waals surface area (Å²) in [6, 6.07) is 33.3. The van der Waals surface area contributed by atoms with Gasteiger partial charge in [-0.1, -0.05) is 59.7 Å². The summed E-state index contributed by atoms with van der Waals surface area (Å²) in [4.78, 5) is 2.25. The summed E-state index contributed by atoms with van der Waals surface area (Å²) in [7, 11) is 0. The van der Waals surface area contributed by atoms with Crippen LogP contribution in [0, 0.1) is 13.8 Å². The first kappa shape index (κ1) is 22.6. The van der Waals surface area contributed by atoms with Gasteiger partial charge in [-0.05, 0) is 73.5 Å². The Balaban J connectivity index is 1.63. The molecule has 0 bridgehead atoms. The van der Waals surface area contributed by atoms with E-state index in [1.54, 1.807) is 0 Å². The molecule has 4 rings (SSSR count). The smallest absolute Gasteiger partial charge is 0.120 e. The van der Waals surface area contributed by atoms with Crippen molar-refractivity contribution in [3.63, 3.8) is 0 Å². The molecule has 0 aliphatic heterocycles. The Morgan fingerprint density at radius 1 is 0.697 bits per heavy atom. The highest BCUT2D eigenvalue weighted by Crippen LogP contribution is 2.36. The van der Waals surface area contributed by atoms with Crippen molar-refractivity contribution in [2.75, 3.05) is 18.1 Å². The molecule has 4 nitrogen and oxygen atoms in total. The van der Waals surface area contributed by atoms with Gasteiger partial charge in [0, 0.05) is 17.1 Å². The Labute approximate surface area is 195 Å². The highest BCUT2D eigenvalue weighted by molar-refractivity contribution is 5.78.